The summed E-state index contributed by atoms with van der Waals surface area (Å²) in [6, 6.07) is 6.92. The van der Waals surface area contributed by atoms with Gasteiger partial charge < -0.3 is 10.0 Å². The first-order valence-electron chi connectivity index (χ1n) is 5.28. The predicted molar refractivity (Wildman–Crippen MR) is 68.6 cm³/mol. The van der Waals surface area contributed by atoms with Crippen molar-refractivity contribution < 1.29 is 9.90 Å². The van der Waals surface area contributed by atoms with Crippen molar-refractivity contribution >= 4 is 24.1 Å². The SMILES string of the molecule is Cl.NC1NCCCN1c1ccccc1C(=O)O. The fraction of sp³-hybridized carbons (Fsp3) is 0.364. The van der Waals surface area contributed by atoms with Crippen LogP contribution in [-0.4, -0.2) is 30.5 Å². The van der Waals surface area contributed by atoms with Crippen molar-refractivity contribution in [1.29, 1.82) is 0 Å². The third-order valence-electron chi connectivity index (χ3n) is 2.71. The van der Waals surface area contributed by atoms with Crippen molar-refractivity contribution in [3.63, 3.8) is 0 Å². The van der Waals surface area contributed by atoms with E-state index in [0.29, 0.717) is 11.3 Å². The highest BCUT2D eigenvalue weighted by Crippen LogP contribution is 2.22. The van der Waals surface area contributed by atoms with Gasteiger partial charge in [-0.2, -0.15) is 0 Å². The van der Waals surface area contributed by atoms with E-state index in [1.807, 2.05) is 11.0 Å². The Bertz CT molecular complexity index is 400. The molecule has 17 heavy (non-hydrogen) atoms. The molecule has 1 atom stereocenters. The van der Waals surface area contributed by atoms with Gasteiger partial charge >= 0.3 is 5.97 Å². The monoisotopic (exact) mass is 257 g/mol. The normalized spacial score (nSPS) is 19.6. The molecule has 1 aliphatic rings. The number of carboxylic acid groups (broad SMARTS) is 1. The molecular weight excluding hydrogens is 242 g/mol. The Hall–Kier alpha value is -1.30. The van der Waals surface area contributed by atoms with Gasteiger partial charge in [0.05, 0.1) is 11.3 Å². The summed E-state index contributed by atoms with van der Waals surface area (Å²) in [5.74, 6) is -0.923. The van der Waals surface area contributed by atoms with Gasteiger partial charge in [0.15, 0.2) is 0 Å². The summed E-state index contributed by atoms with van der Waals surface area (Å²) in [4.78, 5) is 13.0. The minimum atomic E-state index is -0.923. The third kappa shape index (κ3) is 2.88. The van der Waals surface area contributed by atoms with Gasteiger partial charge in [0.25, 0.3) is 0 Å². The number of nitrogens with two attached hydrogens (primary N) is 1. The molecule has 94 valence electrons. The molecule has 1 saturated heterocycles. The zero-order valence-electron chi connectivity index (χ0n) is 9.30. The average molecular weight is 258 g/mol. The quantitative estimate of drug-likeness (QED) is 0.732. The van der Waals surface area contributed by atoms with Crippen molar-refractivity contribution in [2.75, 3.05) is 18.0 Å². The summed E-state index contributed by atoms with van der Waals surface area (Å²) in [7, 11) is 0. The average Bonchev–Trinajstić information content (AvgIpc) is 2.29. The summed E-state index contributed by atoms with van der Waals surface area (Å²) in [6.45, 7) is 1.64. The van der Waals surface area contributed by atoms with E-state index < -0.39 is 5.97 Å². The van der Waals surface area contributed by atoms with Crippen LogP contribution in [0.2, 0.25) is 0 Å². The van der Waals surface area contributed by atoms with Gasteiger partial charge in [0.2, 0.25) is 0 Å². The number of hydrogen-bond acceptors (Lipinski definition) is 4. The first kappa shape index (κ1) is 13.8. The molecule has 1 fully saturated rings. The maximum Gasteiger partial charge on any atom is 0.337 e. The Kier molecular flexibility index (Phi) is 4.74. The van der Waals surface area contributed by atoms with E-state index in [-0.39, 0.29) is 18.7 Å². The van der Waals surface area contributed by atoms with Crippen molar-refractivity contribution in [2.45, 2.75) is 12.7 Å². The molecule has 1 unspecified atom stereocenters. The van der Waals surface area contributed by atoms with Crippen LogP contribution in [0.25, 0.3) is 0 Å². The molecule has 4 N–H and O–H groups in total. The second-order valence-electron chi connectivity index (χ2n) is 3.77. The highest BCUT2D eigenvalue weighted by Gasteiger charge is 2.22. The number of benzene rings is 1. The molecule has 0 spiro atoms. The van der Waals surface area contributed by atoms with Crippen LogP contribution in [0.3, 0.4) is 0 Å². The van der Waals surface area contributed by atoms with Crippen molar-refractivity contribution in [2.24, 2.45) is 5.73 Å². The van der Waals surface area contributed by atoms with Crippen LogP contribution in [0.15, 0.2) is 24.3 Å². The van der Waals surface area contributed by atoms with Gasteiger partial charge in [-0.3, -0.25) is 11.1 Å². The minimum absolute atomic E-state index is 0. The fourth-order valence-corrected chi connectivity index (χ4v) is 1.92. The number of nitrogens with zero attached hydrogens (tertiary/aromatic N) is 1. The van der Waals surface area contributed by atoms with Crippen molar-refractivity contribution in [1.82, 2.24) is 5.32 Å². The molecule has 0 aromatic heterocycles. The van der Waals surface area contributed by atoms with E-state index in [4.69, 9.17) is 10.8 Å². The highest BCUT2D eigenvalue weighted by atomic mass is 35.5. The standard InChI is InChI=1S/C11H15N3O2.ClH/c12-11-13-6-3-7-14(11)9-5-2-1-4-8(9)10(15)16;/h1-2,4-5,11,13H,3,6-7,12H2,(H,15,16);1H. The van der Waals surface area contributed by atoms with Gasteiger partial charge in [0, 0.05) is 6.54 Å². The molecule has 1 heterocycles. The second kappa shape index (κ2) is 5.86. The lowest BCUT2D eigenvalue weighted by Gasteiger charge is -2.36. The van der Waals surface area contributed by atoms with Crippen LogP contribution in [0.1, 0.15) is 16.8 Å². The number of nitrogens with one attached hydrogen (secondary N) is 1. The first-order valence-corrected chi connectivity index (χ1v) is 5.28. The van der Waals surface area contributed by atoms with Crippen molar-refractivity contribution in [3.05, 3.63) is 29.8 Å². The first-order chi connectivity index (χ1) is 7.70. The summed E-state index contributed by atoms with van der Waals surface area (Å²) in [5.41, 5.74) is 6.87. The van der Waals surface area contributed by atoms with Gasteiger partial charge in [-0.15, -0.1) is 12.4 Å². The van der Waals surface area contributed by atoms with E-state index in [0.717, 1.165) is 19.5 Å². The van der Waals surface area contributed by atoms with Crippen LogP contribution in [0.5, 0.6) is 0 Å². The van der Waals surface area contributed by atoms with Gasteiger partial charge in [-0.05, 0) is 25.1 Å². The fourth-order valence-electron chi connectivity index (χ4n) is 1.92. The molecule has 0 amide bonds. The molecule has 0 aliphatic carbocycles. The molecule has 6 heteroatoms. The van der Waals surface area contributed by atoms with Crippen LogP contribution < -0.4 is 16.0 Å². The number of halogens is 1. The number of aromatic carboxylic acids is 1. The summed E-state index contributed by atoms with van der Waals surface area (Å²) < 4.78 is 0. The van der Waals surface area contributed by atoms with Crippen LogP contribution >= 0.6 is 12.4 Å². The van der Waals surface area contributed by atoms with Crippen LogP contribution in [-0.2, 0) is 0 Å². The molecule has 2 rings (SSSR count). The van der Waals surface area contributed by atoms with Gasteiger partial charge in [0.1, 0.15) is 6.29 Å². The molecule has 0 bridgehead atoms. The molecule has 1 aromatic carbocycles. The maximum absolute atomic E-state index is 11.1. The van der Waals surface area contributed by atoms with Gasteiger partial charge in [-0.25, -0.2) is 4.79 Å². The number of carbonyl (C=O) groups is 1. The zero-order chi connectivity index (χ0) is 11.5. The highest BCUT2D eigenvalue weighted by molar-refractivity contribution is 5.94. The van der Waals surface area contributed by atoms with E-state index in [1.165, 1.54) is 0 Å². The minimum Gasteiger partial charge on any atom is -0.478 e. The van der Waals surface area contributed by atoms with Gasteiger partial charge in [-0.1, -0.05) is 12.1 Å². The van der Waals surface area contributed by atoms with E-state index >= 15 is 0 Å². The number of carboxylic acids is 1. The smallest absolute Gasteiger partial charge is 0.337 e. The largest absolute Gasteiger partial charge is 0.478 e. The Morgan fingerprint density at radius 1 is 1.47 bits per heavy atom. The topological polar surface area (TPSA) is 78.6 Å². The van der Waals surface area contributed by atoms with Crippen LogP contribution in [0, 0.1) is 0 Å². The summed E-state index contributed by atoms with van der Waals surface area (Å²) in [5, 5.41) is 12.2. The van der Waals surface area contributed by atoms with Crippen molar-refractivity contribution in [3.8, 4) is 0 Å². The molecule has 0 saturated carbocycles. The molecule has 0 radical (unpaired) electrons. The number of anilines is 1. The Balaban J connectivity index is 0.00000144. The third-order valence-corrected chi connectivity index (χ3v) is 2.71. The molecule has 5 nitrogen and oxygen atoms in total. The lowest BCUT2D eigenvalue weighted by atomic mass is 10.1. The lowest BCUT2D eigenvalue weighted by molar-refractivity contribution is 0.0697. The zero-order valence-corrected chi connectivity index (χ0v) is 10.1. The molecule has 1 aliphatic heterocycles. The maximum atomic E-state index is 11.1. The number of para-hydroxylation sites is 1. The number of hydrogen-bond donors (Lipinski definition) is 3. The van der Waals surface area contributed by atoms with E-state index in [2.05, 4.69) is 5.32 Å². The Morgan fingerprint density at radius 3 is 2.82 bits per heavy atom. The Morgan fingerprint density at radius 2 is 2.18 bits per heavy atom. The lowest BCUT2D eigenvalue weighted by Crippen LogP contribution is -2.57. The van der Waals surface area contributed by atoms with E-state index in [9.17, 15) is 4.79 Å². The molecular formula is C11H16ClN3O2. The second-order valence-corrected chi connectivity index (χ2v) is 3.77. The summed E-state index contributed by atoms with van der Waals surface area (Å²) in [6.07, 6.45) is 0.649. The summed E-state index contributed by atoms with van der Waals surface area (Å²) >= 11 is 0. The number of rotatable bonds is 2. The molecule has 1 aromatic rings. The van der Waals surface area contributed by atoms with Crippen LogP contribution in [0.4, 0.5) is 5.69 Å². The van der Waals surface area contributed by atoms with E-state index in [1.54, 1.807) is 18.2 Å². The predicted octanol–water partition coefficient (Wildman–Crippen LogP) is 0.849. The Labute approximate surface area is 106 Å².